The number of hydrogen-bond donors (Lipinski definition) is 1. The van der Waals surface area contributed by atoms with Crippen molar-refractivity contribution >= 4 is 16.5 Å². The number of hydrogen-bond acceptors (Lipinski definition) is 4. The van der Waals surface area contributed by atoms with Gasteiger partial charge in [-0.05, 0) is 25.7 Å². The van der Waals surface area contributed by atoms with E-state index in [2.05, 4.69) is 25.7 Å². The molecule has 0 atom stereocenters. The predicted octanol–water partition coefficient (Wildman–Crippen LogP) is 3.78. The molecule has 0 saturated heterocycles. The van der Waals surface area contributed by atoms with E-state index in [0.29, 0.717) is 5.92 Å². The first kappa shape index (κ1) is 14.8. The molecule has 19 heavy (non-hydrogen) atoms. The summed E-state index contributed by atoms with van der Waals surface area (Å²) >= 11 is 1.69. The molecule has 0 unspecified atom stereocenters. The van der Waals surface area contributed by atoms with Crippen LogP contribution >= 0.6 is 11.3 Å². The largest absolute Gasteiger partial charge is 0.391 e. The molecule has 0 bridgehead atoms. The summed E-state index contributed by atoms with van der Waals surface area (Å²) in [4.78, 5) is 8.29. The molecule has 0 aromatic carbocycles. The van der Waals surface area contributed by atoms with E-state index in [4.69, 9.17) is 4.98 Å². The van der Waals surface area contributed by atoms with Gasteiger partial charge in [-0.15, -0.1) is 0 Å². The monoisotopic (exact) mass is 282 g/mol. The van der Waals surface area contributed by atoms with Gasteiger partial charge in [-0.2, -0.15) is 0 Å². The molecule has 3 nitrogen and oxygen atoms in total. The van der Waals surface area contributed by atoms with Gasteiger partial charge in [0.05, 0.1) is 17.2 Å². The summed E-state index contributed by atoms with van der Waals surface area (Å²) in [6.45, 7) is 8.95. The lowest BCUT2D eigenvalue weighted by Crippen LogP contribution is -2.28. The molecule has 0 spiro atoms. The molecule has 1 saturated carbocycles. The van der Waals surface area contributed by atoms with Crippen molar-refractivity contribution in [2.45, 2.75) is 59.0 Å². The average Bonchev–Trinajstić information content (AvgIpc) is 3.20. The van der Waals surface area contributed by atoms with Gasteiger partial charge in [0.25, 0.3) is 0 Å². The van der Waals surface area contributed by atoms with E-state index < -0.39 is 0 Å². The van der Waals surface area contributed by atoms with Crippen LogP contribution in [0.5, 0.6) is 0 Å². The van der Waals surface area contributed by atoms with Crippen molar-refractivity contribution in [2.24, 2.45) is 5.92 Å². The Bertz CT molecular complexity index is 397. The molecule has 1 aromatic rings. The SMILES string of the molecule is CCC(CC)CN(CC)c1nc(C2CC2)c(CO)s1. The van der Waals surface area contributed by atoms with Crippen LogP contribution in [0.2, 0.25) is 0 Å². The summed E-state index contributed by atoms with van der Waals surface area (Å²) < 4.78 is 0. The Morgan fingerprint density at radius 2 is 2.00 bits per heavy atom. The summed E-state index contributed by atoms with van der Waals surface area (Å²) in [7, 11) is 0. The van der Waals surface area contributed by atoms with Crippen LogP contribution in [0.1, 0.15) is 62.9 Å². The number of aromatic nitrogens is 1. The normalized spacial score (nSPS) is 15.2. The fourth-order valence-electron chi connectivity index (χ4n) is 2.48. The third-order valence-electron chi connectivity index (χ3n) is 4.11. The Morgan fingerprint density at radius 1 is 1.32 bits per heavy atom. The van der Waals surface area contributed by atoms with Gasteiger partial charge in [0.2, 0.25) is 0 Å². The Labute approximate surface area is 120 Å². The minimum Gasteiger partial charge on any atom is -0.391 e. The fourth-order valence-corrected chi connectivity index (χ4v) is 3.55. The fraction of sp³-hybridized carbons (Fsp3) is 0.800. The van der Waals surface area contributed by atoms with Crippen LogP contribution < -0.4 is 4.90 Å². The summed E-state index contributed by atoms with van der Waals surface area (Å²) in [5, 5.41) is 10.6. The van der Waals surface area contributed by atoms with Gasteiger partial charge in [0.15, 0.2) is 5.13 Å². The zero-order chi connectivity index (χ0) is 13.8. The van der Waals surface area contributed by atoms with Crippen LogP contribution in [0, 0.1) is 5.92 Å². The number of anilines is 1. The van der Waals surface area contributed by atoms with Crippen molar-refractivity contribution in [3.8, 4) is 0 Å². The Balaban J connectivity index is 2.13. The summed E-state index contributed by atoms with van der Waals surface area (Å²) in [5.74, 6) is 1.37. The van der Waals surface area contributed by atoms with Crippen molar-refractivity contribution in [3.05, 3.63) is 10.6 Å². The molecule has 1 aliphatic carbocycles. The van der Waals surface area contributed by atoms with Crippen LogP contribution in [0.25, 0.3) is 0 Å². The van der Waals surface area contributed by atoms with E-state index in [9.17, 15) is 5.11 Å². The van der Waals surface area contributed by atoms with Gasteiger partial charge in [-0.25, -0.2) is 4.98 Å². The third kappa shape index (κ3) is 3.48. The maximum atomic E-state index is 9.49. The highest BCUT2D eigenvalue weighted by Crippen LogP contribution is 2.44. The highest BCUT2D eigenvalue weighted by molar-refractivity contribution is 7.15. The molecular formula is C15H26N2OS. The van der Waals surface area contributed by atoms with E-state index in [0.717, 1.165) is 29.0 Å². The van der Waals surface area contributed by atoms with Crippen molar-refractivity contribution in [2.75, 3.05) is 18.0 Å². The first-order valence-electron chi connectivity index (χ1n) is 7.58. The second kappa shape index (κ2) is 6.71. The highest BCUT2D eigenvalue weighted by atomic mass is 32.1. The standard InChI is InChI=1S/C15H26N2OS/c1-4-11(5-2)9-17(6-3)15-16-14(12-7-8-12)13(10-18)19-15/h11-12,18H,4-10H2,1-3H3. The zero-order valence-corrected chi connectivity index (χ0v) is 13.2. The molecule has 1 N–H and O–H groups in total. The number of thiazole rings is 1. The summed E-state index contributed by atoms with van der Waals surface area (Å²) in [6, 6.07) is 0. The lowest BCUT2D eigenvalue weighted by atomic mass is 10.0. The minimum atomic E-state index is 0.145. The van der Waals surface area contributed by atoms with E-state index in [1.54, 1.807) is 11.3 Å². The third-order valence-corrected chi connectivity index (χ3v) is 5.23. The molecule has 108 valence electrons. The molecule has 1 heterocycles. The molecule has 4 heteroatoms. The first-order valence-corrected chi connectivity index (χ1v) is 8.40. The van der Waals surface area contributed by atoms with Gasteiger partial charge in [0.1, 0.15) is 0 Å². The van der Waals surface area contributed by atoms with Gasteiger partial charge in [-0.1, -0.05) is 38.0 Å². The number of rotatable bonds is 8. The van der Waals surface area contributed by atoms with E-state index in [1.807, 2.05) is 0 Å². The number of aliphatic hydroxyl groups is 1. The van der Waals surface area contributed by atoms with Crippen molar-refractivity contribution < 1.29 is 5.11 Å². The average molecular weight is 282 g/mol. The number of nitrogens with zero attached hydrogens (tertiary/aromatic N) is 2. The summed E-state index contributed by atoms with van der Waals surface area (Å²) in [5.41, 5.74) is 1.17. The lowest BCUT2D eigenvalue weighted by molar-refractivity contribution is 0.284. The van der Waals surface area contributed by atoms with Gasteiger partial charge < -0.3 is 10.0 Å². The van der Waals surface area contributed by atoms with Gasteiger partial charge in [0, 0.05) is 19.0 Å². The van der Waals surface area contributed by atoms with Crippen molar-refractivity contribution in [1.29, 1.82) is 0 Å². The second-order valence-electron chi connectivity index (χ2n) is 5.46. The van der Waals surface area contributed by atoms with Gasteiger partial charge >= 0.3 is 0 Å². The van der Waals surface area contributed by atoms with Gasteiger partial charge in [-0.3, -0.25) is 0 Å². The van der Waals surface area contributed by atoms with E-state index in [1.165, 1.54) is 31.4 Å². The Kier molecular flexibility index (Phi) is 5.22. The van der Waals surface area contributed by atoms with Crippen molar-refractivity contribution in [1.82, 2.24) is 4.98 Å². The molecule has 2 rings (SSSR count). The molecule has 0 amide bonds. The first-order chi connectivity index (χ1) is 9.23. The molecule has 0 radical (unpaired) electrons. The van der Waals surface area contributed by atoms with Crippen LogP contribution in [0.4, 0.5) is 5.13 Å². The maximum Gasteiger partial charge on any atom is 0.185 e. The topological polar surface area (TPSA) is 36.4 Å². The Hall–Kier alpha value is -0.610. The second-order valence-corrected chi connectivity index (χ2v) is 6.52. The quantitative estimate of drug-likeness (QED) is 0.788. The van der Waals surface area contributed by atoms with Crippen LogP contribution in [0.3, 0.4) is 0 Å². The Morgan fingerprint density at radius 3 is 2.47 bits per heavy atom. The number of aliphatic hydroxyl groups excluding tert-OH is 1. The predicted molar refractivity (Wildman–Crippen MR) is 82.0 cm³/mol. The van der Waals surface area contributed by atoms with Crippen LogP contribution in [-0.2, 0) is 6.61 Å². The van der Waals surface area contributed by atoms with Crippen LogP contribution in [0.15, 0.2) is 0 Å². The van der Waals surface area contributed by atoms with E-state index in [-0.39, 0.29) is 6.61 Å². The van der Waals surface area contributed by atoms with E-state index >= 15 is 0 Å². The smallest absolute Gasteiger partial charge is 0.185 e. The summed E-state index contributed by atoms with van der Waals surface area (Å²) in [6.07, 6.45) is 4.94. The zero-order valence-electron chi connectivity index (χ0n) is 12.4. The minimum absolute atomic E-state index is 0.145. The lowest BCUT2D eigenvalue weighted by Gasteiger charge is -2.24. The molecule has 1 aromatic heterocycles. The maximum absolute atomic E-state index is 9.49. The van der Waals surface area contributed by atoms with Crippen molar-refractivity contribution in [3.63, 3.8) is 0 Å². The molecule has 1 aliphatic rings. The molecular weight excluding hydrogens is 256 g/mol. The molecule has 1 fully saturated rings. The molecule has 0 aliphatic heterocycles. The highest BCUT2D eigenvalue weighted by Gasteiger charge is 2.30. The van der Waals surface area contributed by atoms with Crippen LogP contribution in [-0.4, -0.2) is 23.2 Å².